The van der Waals surface area contributed by atoms with Crippen LogP contribution in [0.15, 0.2) is 49.6 Å². The Bertz CT molecular complexity index is 1310. The predicted molar refractivity (Wildman–Crippen MR) is 144 cm³/mol. The lowest BCUT2D eigenvalue weighted by molar-refractivity contribution is -0.705. The largest absolute Gasteiger partial charge is 0.396 e. The van der Waals surface area contributed by atoms with Gasteiger partial charge in [0.2, 0.25) is 0 Å². The van der Waals surface area contributed by atoms with Crippen molar-refractivity contribution in [2.75, 3.05) is 6.61 Å². The average molecular weight is 525 g/mol. The van der Waals surface area contributed by atoms with Crippen molar-refractivity contribution in [3.8, 4) is 0 Å². The van der Waals surface area contributed by atoms with Gasteiger partial charge in [0, 0.05) is 60.0 Å². The maximum Gasteiger partial charge on any atom is 0.253 e. The van der Waals surface area contributed by atoms with E-state index in [1.165, 1.54) is 23.3 Å². The number of aromatic nitrogens is 8. The van der Waals surface area contributed by atoms with Crippen LogP contribution in [0.4, 0.5) is 0 Å². The fourth-order valence-electron chi connectivity index (χ4n) is 5.35. The third kappa shape index (κ3) is 6.62. The first-order chi connectivity index (χ1) is 18.4. The summed E-state index contributed by atoms with van der Waals surface area (Å²) >= 11 is 0. The maximum absolute atomic E-state index is 9.09. The summed E-state index contributed by atoms with van der Waals surface area (Å²) in [4.78, 5) is 0. The van der Waals surface area contributed by atoms with E-state index >= 15 is 0 Å². The van der Waals surface area contributed by atoms with Crippen LogP contribution in [0.5, 0.6) is 0 Å². The molecule has 0 aliphatic rings. The summed E-state index contributed by atoms with van der Waals surface area (Å²) in [7, 11) is 2.10. The Hall–Kier alpha value is -3.20. The van der Waals surface area contributed by atoms with E-state index in [4.69, 9.17) is 5.11 Å². The van der Waals surface area contributed by atoms with Crippen LogP contribution in [0.3, 0.4) is 0 Å². The summed E-state index contributed by atoms with van der Waals surface area (Å²) in [6.45, 7) is 16.1. The summed E-state index contributed by atoms with van der Waals surface area (Å²) in [6.07, 6.45) is 21.6. The Morgan fingerprint density at radius 3 is 1.21 bits per heavy atom. The molecule has 0 aromatic carbocycles. The number of hydrogen-bond donors (Lipinski definition) is 1. The summed E-state index contributed by atoms with van der Waals surface area (Å²) in [5.74, 6) is 5.20. The SMILES string of the molecule is Cc1n(CCC[n+]2ccn(CCC[n+]3ccn(CCC[n+]4ccn(CCCO)c4C)c3C)c2C)cc[n+]1C. The number of imidazole rings is 4. The predicted octanol–water partition coefficient (Wildman–Crippen LogP) is 1.47. The van der Waals surface area contributed by atoms with Crippen LogP contribution in [-0.4, -0.2) is 30.0 Å². The van der Waals surface area contributed by atoms with Crippen molar-refractivity contribution >= 4 is 0 Å². The quantitative estimate of drug-likeness (QED) is 0.235. The fourth-order valence-corrected chi connectivity index (χ4v) is 5.35. The van der Waals surface area contributed by atoms with Gasteiger partial charge < -0.3 is 5.11 Å². The third-order valence-electron chi connectivity index (χ3n) is 8.12. The minimum Gasteiger partial charge on any atom is -0.396 e. The Labute approximate surface area is 227 Å². The Balaban J connectivity index is 1.20. The fraction of sp³-hybridized carbons (Fsp3) is 0.586. The Kier molecular flexibility index (Phi) is 9.55. The van der Waals surface area contributed by atoms with E-state index in [-0.39, 0.29) is 6.61 Å². The van der Waals surface area contributed by atoms with Crippen LogP contribution < -0.4 is 18.3 Å². The van der Waals surface area contributed by atoms with Crippen molar-refractivity contribution in [3.63, 3.8) is 0 Å². The molecule has 0 radical (unpaired) electrons. The molecule has 9 heteroatoms. The van der Waals surface area contributed by atoms with Gasteiger partial charge in [-0.15, -0.1) is 0 Å². The minimum absolute atomic E-state index is 0.240. The minimum atomic E-state index is 0.240. The van der Waals surface area contributed by atoms with Crippen LogP contribution in [0.2, 0.25) is 0 Å². The number of rotatable bonds is 15. The second-order valence-corrected chi connectivity index (χ2v) is 10.5. The number of aryl methyl sites for hydroxylation is 8. The topological polar surface area (TPSA) is 55.5 Å². The van der Waals surface area contributed by atoms with E-state index in [0.29, 0.717) is 0 Å². The van der Waals surface area contributed by atoms with Crippen LogP contribution >= 0.6 is 0 Å². The second kappa shape index (κ2) is 13.0. The summed E-state index contributed by atoms with van der Waals surface area (Å²) in [5.41, 5.74) is 0. The molecule has 4 heterocycles. The first-order valence-electron chi connectivity index (χ1n) is 14.2. The zero-order valence-corrected chi connectivity index (χ0v) is 24.1. The third-order valence-corrected chi connectivity index (χ3v) is 8.12. The first kappa shape index (κ1) is 27.8. The van der Waals surface area contributed by atoms with Gasteiger partial charge in [-0.05, 0) is 0 Å². The molecule has 4 aromatic heterocycles. The second-order valence-electron chi connectivity index (χ2n) is 10.5. The van der Waals surface area contributed by atoms with Crippen LogP contribution in [0, 0.1) is 27.7 Å². The van der Waals surface area contributed by atoms with E-state index in [1.54, 1.807) is 0 Å². The van der Waals surface area contributed by atoms with Crippen LogP contribution in [0.25, 0.3) is 0 Å². The monoisotopic (exact) mass is 524 g/mol. The van der Waals surface area contributed by atoms with Crippen molar-refractivity contribution < 1.29 is 23.4 Å². The smallest absolute Gasteiger partial charge is 0.253 e. The molecule has 0 spiro atoms. The van der Waals surface area contributed by atoms with Gasteiger partial charge in [0.05, 0.1) is 52.9 Å². The molecule has 9 nitrogen and oxygen atoms in total. The summed E-state index contributed by atoms with van der Waals surface area (Å²) in [5, 5.41) is 9.09. The summed E-state index contributed by atoms with van der Waals surface area (Å²) < 4.78 is 18.6. The molecule has 206 valence electrons. The molecule has 0 bridgehead atoms. The van der Waals surface area contributed by atoms with Gasteiger partial charge in [-0.25, -0.2) is 36.5 Å². The van der Waals surface area contributed by atoms with Gasteiger partial charge in [0.25, 0.3) is 23.3 Å². The molecular formula is C29H48N8O+4. The lowest BCUT2D eigenvalue weighted by Gasteiger charge is -2.03. The van der Waals surface area contributed by atoms with E-state index in [1.807, 2.05) is 0 Å². The molecule has 4 aromatic rings. The van der Waals surface area contributed by atoms with E-state index in [2.05, 4.69) is 121 Å². The molecule has 0 unspecified atom stereocenters. The summed E-state index contributed by atoms with van der Waals surface area (Å²) in [6, 6.07) is 0. The molecular weight excluding hydrogens is 476 g/mol. The highest BCUT2D eigenvalue weighted by molar-refractivity contribution is 4.82. The number of aliphatic hydroxyl groups excluding tert-OH is 1. The van der Waals surface area contributed by atoms with Gasteiger partial charge in [0.1, 0.15) is 49.6 Å². The normalized spacial score (nSPS) is 11.6. The highest BCUT2D eigenvalue weighted by atomic mass is 16.3. The van der Waals surface area contributed by atoms with Gasteiger partial charge in [-0.2, -0.15) is 0 Å². The molecule has 38 heavy (non-hydrogen) atoms. The first-order valence-corrected chi connectivity index (χ1v) is 14.2. The van der Waals surface area contributed by atoms with Gasteiger partial charge in [-0.1, -0.05) is 0 Å². The molecule has 0 aliphatic carbocycles. The van der Waals surface area contributed by atoms with E-state index in [0.717, 1.165) is 71.5 Å². The highest BCUT2D eigenvalue weighted by Gasteiger charge is 2.17. The van der Waals surface area contributed by atoms with E-state index in [9.17, 15) is 0 Å². The lowest BCUT2D eigenvalue weighted by atomic mass is 10.4. The Morgan fingerprint density at radius 1 is 0.526 bits per heavy atom. The maximum atomic E-state index is 9.09. The van der Waals surface area contributed by atoms with Crippen LogP contribution in [-0.2, 0) is 52.9 Å². The Morgan fingerprint density at radius 2 is 0.868 bits per heavy atom. The van der Waals surface area contributed by atoms with E-state index < -0.39 is 0 Å². The zero-order valence-electron chi connectivity index (χ0n) is 24.1. The van der Waals surface area contributed by atoms with Crippen molar-refractivity contribution in [2.24, 2.45) is 7.05 Å². The molecule has 0 amide bonds. The molecule has 0 aliphatic heterocycles. The highest BCUT2D eigenvalue weighted by Crippen LogP contribution is 2.03. The number of nitrogens with zero attached hydrogens (tertiary/aromatic N) is 8. The van der Waals surface area contributed by atoms with Crippen molar-refractivity contribution in [1.82, 2.24) is 18.3 Å². The van der Waals surface area contributed by atoms with Crippen molar-refractivity contribution in [1.29, 1.82) is 0 Å². The zero-order chi connectivity index (χ0) is 27.1. The lowest BCUT2D eigenvalue weighted by Crippen LogP contribution is -2.38. The molecule has 0 saturated carbocycles. The van der Waals surface area contributed by atoms with Gasteiger partial charge in [-0.3, -0.25) is 0 Å². The molecule has 0 atom stereocenters. The average Bonchev–Trinajstić information content (AvgIpc) is 3.64. The van der Waals surface area contributed by atoms with Gasteiger partial charge >= 0.3 is 0 Å². The molecule has 0 saturated heterocycles. The standard InChI is InChI=1S/C29H48N8O/c1-26-30(5)17-18-31(26)10-6-11-32-19-20-33(27(32)2)12-7-13-34-21-22-35(28(34)3)14-8-15-36-23-24-37(29(36)4)16-9-25-38/h17-24,38H,6-16,25H2,1-5H3/q+4. The molecule has 1 N–H and O–H groups in total. The number of hydrogen-bond acceptors (Lipinski definition) is 1. The van der Waals surface area contributed by atoms with Gasteiger partial charge in [0.15, 0.2) is 0 Å². The van der Waals surface area contributed by atoms with Crippen LogP contribution in [0.1, 0.15) is 49.0 Å². The molecule has 0 fully saturated rings. The van der Waals surface area contributed by atoms with Crippen molar-refractivity contribution in [2.45, 2.75) is 99.2 Å². The molecule has 4 rings (SSSR count). The number of aliphatic hydroxyl groups is 1. The van der Waals surface area contributed by atoms with Crippen molar-refractivity contribution in [3.05, 3.63) is 72.9 Å².